The summed E-state index contributed by atoms with van der Waals surface area (Å²) >= 11 is 3.50. The first kappa shape index (κ1) is 21.1. The molecule has 0 aliphatic carbocycles. The van der Waals surface area contributed by atoms with Crippen LogP contribution in [0.3, 0.4) is 0 Å². The Morgan fingerprint density at radius 1 is 0.914 bits per heavy atom. The van der Waals surface area contributed by atoms with Crippen molar-refractivity contribution in [2.24, 2.45) is 0 Å². The van der Waals surface area contributed by atoms with Crippen LogP contribution in [0.1, 0.15) is 0 Å². The van der Waals surface area contributed by atoms with Crippen molar-refractivity contribution in [3.05, 3.63) is 106 Å². The second kappa shape index (κ2) is 8.37. The number of nitro benzene ring substituents is 1. The lowest BCUT2D eigenvalue weighted by Crippen LogP contribution is -1.97. The predicted octanol–water partition coefficient (Wildman–Crippen LogP) is 6.96. The average Bonchev–Trinajstić information content (AvgIpc) is 3.46. The number of fused-ring (bicyclic) bond motifs is 2. The molecule has 0 fully saturated rings. The molecule has 6 aromatic rings. The molecule has 0 amide bonds. The Morgan fingerprint density at radius 3 is 2.46 bits per heavy atom. The van der Waals surface area contributed by atoms with Crippen LogP contribution >= 0.6 is 15.9 Å². The van der Waals surface area contributed by atoms with E-state index < -0.39 is 4.92 Å². The Kier molecular flexibility index (Phi) is 5.04. The van der Waals surface area contributed by atoms with Crippen LogP contribution in [0.15, 0.2) is 95.6 Å². The molecule has 3 heterocycles. The lowest BCUT2D eigenvalue weighted by atomic mass is 10.1. The number of hydrogen-bond acceptors (Lipinski definition) is 5. The van der Waals surface area contributed by atoms with Crippen LogP contribution in [-0.4, -0.2) is 24.3 Å². The largest absolute Gasteiger partial charge is 0.339 e. The van der Waals surface area contributed by atoms with Crippen molar-refractivity contribution < 1.29 is 4.92 Å². The van der Waals surface area contributed by atoms with E-state index in [1.165, 1.54) is 12.1 Å². The fourth-order valence-electron chi connectivity index (χ4n) is 4.02. The number of anilines is 2. The van der Waals surface area contributed by atoms with Gasteiger partial charge in [0, 0.05) is 39.6 Å². The summed E-state index contributed by atoms with van der Waals surface area (Å²) in [5.74, 6) is 1.44. The van der Waals surface area contributed by atoms with Gasteiger partial charge in [0.2, 0.25) is 0 Å². The summed E-state index contributed by atoms with van der Waals surface area (Å²) in [7, 11) is 0. The molecule has 0 unspecified atom stereocenters. The van der Waals surface area contributed by atoms with Gasteiger partial charge in [0.1, 0.15) is 23.0 Å². The Bertz CT molecular complexity index is 1710. The monoisotopic (exact) mass is 524 g/mol. The lowest BCUT2D eigenvalue weighted by molar-refractivity contribution is -0.384. The topological polar surface area (TPSA) is 101 Å². The van der Waals surface area contributed by atoms with E-state index in [1.54, 1.807) is 6.07 Å². The molecular weight excluding hydrogens is 508 g/mol. The van der Waals surface area contributed by atoms with Gasteiger partial charge in [0.05, 0.1) is 16.0 Å². The minimum atomic E-state index is -0.414. The molecule has 3 aromatic heterocycles. The third-order valence-electron chi connectivity index (χ3n) is 5.72. The van der Waals surface area contributed by atoms with E-state index in [9.17, 15) is 10.1 Å². The zero-order valence-corrected chi connectivity index (χ0v) is 19.7. The molecule has 0 spiro atoms. The summed E-state index contributed by atoms with van der Waals surface area (Å²) < 4.78 is 2.99. The Morgan fingerprint density at radius 2 is 1.69 bits per heavy atom. The van der Waals surface area contributed by atoms with E-state index in [1.807, 2.05) is 77.3 Å². The van der Waals surface area contributed by atoms with Gasteiger partial charge in [-0.1, -0.05) is 46.3 Å². The van der Waals surface area contributed by atoms with Gasteiger partial charge in [0.15, 0.2) is 0 Å². The van der Waals surface area contributed by atoms with Gasteiger partial charge in [-0.25, -0.2) is 9.97 Å². The van der Waals surface area contributed by atoms with E-state index >= 15 is 0 Å². The molecule has 8 nitrogen and oxygen atoms in total. The minimum absolute atomic E-state index is 0.0197. The van der Waals surface area contributed by atoms with Crippen molar-refractivity contribution in [1.29, 1.82) is 0 Å². The molecule has 6 rings (SSSR count). The van der Waals surface area contributed by atoms with E-state index in [-0.39, 0.29) is 5.69 Å². The first-order chi connectivity index (χ1) is 17.0. The molecule has 0 saturated heterocycles. The number of nitrogens with one attached hydrogen (secondary N) is 2. The summed E-state index contributed by atoms with van der Waals surface area (Å²) in [6, 6.07) is 26.4. The molecule has 3 aromatic carbocycles. The number of hydrogen-bond donors (Lipinski definition) is 2. The summed E-state index contributed by atoms with van der Waals surface area (Å²) in [6.07, 6.45) is 1.96. The lowest BCUT2D eigenvalue weighted by Gasteiger charge is -2.10. The zero-order chi connectivity index (χ0) is 23.9. The van der Waals surface area contributed by atoms with Crippen LogP contribution in [0.5, 0.6) is 0 Å². The third-order valence-corrected chi connectivity index (χ3v) is 6.25. The smallest absolute Gasteiger partial charge is 0.271 e. The molecule has 35 heavy (non-hydrogen) atoms. The van der Waals surface area contributed by atoms with E-state index in [0.29, 0.717) is 16.9 Å². The second-order valence-electron chi connectivity index (χ2n) is 8.00. The highest BCUT2D eigenvalue weighted by molar-refractivity contribution is 9.10. The van der Waals surface area contributed by atoms with Gasteiger partial charge in [-0.05, 0) is 42.5 Å². The van der Waals surface area contributed by atoms with Crippen LogP contribution in [0.4, 0.5) is 17.2 Å². The second-order valence-corrected chi connectivity index (χ2v) is 8.91. The fraction of sp³-hybridized carbons (Fsp3) is 0. The van der Waals surface area contributed by atoms with Crippen molar-refractivity contribution in [2.45, 2.75) is 0 Å². The highest BCUT2D eigenvalue weighted by Crippen LogP contribution is 2.33. The molecule has 0 saturated carbocycles. The van der Waals surface area contributed by atoms with Crippen LogP contribution in [0.25, 0.3) is 39.3 Å². The number of nitrogens with zero attached hydrogens (tertiary/aromatic N) is 4. The van der Waals surface area contributed by atoms with Crippen molar-refractivity contribution in [3.63, 3.8) is 0 Å². The van der Waals surface area contributed by atoms with Gasteiger partial charge >= 0.3 is 0 Å². The average molecular weight is 525 g/mol. The number of benzene rings is 3. The Labute approximate surface area is 207 Å². The molecule has 0 radical (unpaired) electrons. The number of rotatable bonds is 5. The first-order valence-corrected chi connectivity index (χ1v) is 11.6. The number of halogens is 1. The van der Waals surface area contributed by atoms with E-state index in [4.69, 9.17) is 4.98 Å². The predicted molar refractivity (Wildman–Crippen MR) is 140 cm³/mol. The standard InChI is InChI=1S/C26H17BrN6O2/c27-18-9-6-16(7-10-18)24-26(28-19-4-2-1-3-5-19)32-15-17(8-13-23(32)31-24)25-29-21-12-11-20(33(34)35)14-22(21)30-25/h1-15,28H,(H,29,30). The maximum absolute atomic E-state index is 11.1. The van der Waals surface area contributed by atoms with E-state index in [2.05, 4.69) is 31.2 Å². The normalized spacial score (nSPS) is 11.2. The van der Waals surface area contributed by atoms with Crippen molar-refractivity contribution in [3.8, 4) is 22.6 Å². The summed E-state index contributed by atoms with van der Waals surface area (Å²) in [5, 5.41) is 14.7. The van der Waals surface area contributed by atoms with Gasteiger partial charge in [0.25, 0.3) is 5.69 Å². The van der Waals surface area contributed by atoms with Gasteiger partial charge in [-0.2, -0.15) is 0 Å². The number of H-pyrrole nitrogens is 1. The molecule has 0 atom stereocenters. The number of para-hydroxylation sites is 1. The van der Waals surface area contributed by atoms with Crippen LogP contribution in [-0.2, 0) is 0 Å². The van der Waals surface area contributed by atoms with Gasteiger partial charge in [-0.15, -0.1) is 0 Å². The maximum Gasteiger partial charge on any atom is 0.271 e. The molecule has 170 valence electrons. The number of nitro groups is 1. The Hall–Kier alpha value is -4.50. The highest BCUT2D eigenvalue weighted by atomic mass is 79.9. The van der Waals surface area contributed by atoms with Crippen molar-refractivity contribution in [1.82, 2.24) is 19.4 Å². The number of aromatic amines is 1. The quantitative estimate of drug-likeness (QED) is 0.187. The molecule has 0 aliphatic heterocycles. The number of non-ortho nitro benzene ring substituents is 1. The fourth-order valence-corrected chi connectivity index (χ4v) is 4.28. The third kappa shape index (κ3) is 3.91. The SMILES string of the molecule is O=[N+]([O-])c1ccc2nc(-c3ccc4nc(-c5ccc(Br)cc5)c(Nc5ccccc5)n4c3)[nH]c2c1. The zero-order valence-electron chi connectivity index (χ0n) is 18.1. The van der Waals surface area contributed by atoms with Crippen molar-refractivity contribution in [2.75, 3.05) is 5.32 Å². The first-order valence-electron chi connectivity index (χ1n) is 10.8. The minimum Gasteiger partial charge on any atom is -0.339 e. The molecular formula is C26H17BrN6O2. The molecule has 2 N–H and O–H groups in total. The van der Waals surface area contributed by atoms with E-state index in [0.717, 1.165) is 38.4 Å². The molecule has 0 aliphatic rings. The Balaban J connectivity index is 1.51. The van der Waals surface area contributed by atoms with Gasteiger partial charge in [-0.3, -0.25) is 14.5 Å². The van der Waals surface area contributed by atoms with Crippen LogP contribution < -0.4 is 5.32 Å². The summed E-state index contributed by atoms with van der Waals surface area (Å²) in [5.41, 5.74) is 5.63. The van der Waals surface area contributed by atoms with Gasteiger partial charge < -0.3 is 10.3 Å². The molecule has 0 bridgehead atoms. The highest BCUT2D eigenvalue weighted by Gasteiger charge is 2.17. The number of pyridine rings is 1. The summed E-state index contributed by atoms with van der Waals surface area (Å²) in [4.78, 5) is 23.5. The van der Waals surface area contributed by atoms with Crippen molar-refractivity contribution >= 4 is 49.8 Å². The molecule has 9 heteroatoms. The summed E-state index contributed by atoms with van der Waals surface area (Å²) in [6.45, 7) is 0. The van der Waals surface area contributed by atoms with Crippen LogP contribution in [0, 0.1) is 10.1 Å². The number of aromatic nitrogens is 4. The number of imidazole rings is 2. The maximum atomic E-state index is 11.1. The van der Waals surface area contributed by atoms with Crippen LogP contribution in [0.2, 0.25) is 0 Å².